The van der Waals surface area contributed by atoms with Crippen molar-refractivity contribution in [3.8, 4) is 0 Å². The number of fused-ring (bicyclic) bond motifs is 1. The van der Waals surface area contributed by atoms with Gasteiger partial charge in [0, 0.05) is 35.5 Å². The molecule has 1 N–H and O–H groups in total. The summed E-state index contributed by atoms with van der Waals surface area (Å²) in [6.07, 6.45) is 2.70. The maximum atomic E-state index is 12.1. The van der Waals surface area contributed by atoms with E-state index < -0.39 is 0 Å². The molecule has 0 aliphatic heterocycles. The highest BCUT2D eigenvalue weighted by molar-refractivity contribution is 6.35. The SMILES string of the molecule is O=C(CCc1nc2ncc(Cl)cc2[nH]1)Cc1ccc(Cl)cc1Cl. The normalized spacial score (nSPS) is 11.1. The number of pyridine rings is 1. The van der Waals surface area contributed by atoms with Gasteiger partial charge in [-0.05, 0) is 23.8 Å². The van der Waals surface area contributed by atoms with Gasteiger partial charge in [0.2, 0.25) is 0 Å². The molecule has 0 unspecified atom stereocenters. The summed E-state index contributed by atoms with van der Waals surface area (Å²) >= 11 is 17.8. The standard InChI is InChI=1S/C16H12Cl3N3O/c17-10-2-1-9(13(19)6-10)5-12(23)3-4-15-21-14-7-11(18)8-20-16(14)22-15/h1-2,6-8H,3-5H2,(H,20,21,22). The van der Waals surface area contributed by atoms with Crippen LogP contribution in [0.15, 0.2) is 30.5 Å². The zero-order chi connectivity index (χ0) is 16.4. The van der Waals surface area contributed by atoms with Crippen molar-refractivity contribution in [3.05, 3.63) is 56.9 Å². The van der Waals surface area contributed by atoms with Crippen LogP contribution >= 0.6 is 34.8 Å². The minimum absolute atomic E-state index is 0.0840. The van der Waals surface area contributed by atoms with Crippen molar-refractivity contribution in [2.75, 3.05) is 0 Å². The second kappa shape index (κ2) is 6.87. The molecule has 0 amide bonds. The minimum Gasteiger partial charge on any atom is -0.341 e. The van der Waals surface area contributed by atoms with E-state index in [2.05, 4.69) is 15.0 Å². The largest absolute Gasteiger partial charge is 0.341 e. The van der Waals surface area contributed by atoms with E-state index in [-0.39, 0.29) is 12.2 Å². The maximum Gasteiger partial charge on any atom is 0.177 e. The summed E-state index contributed by atoms with van der Waals surface area (Å²) < 4.78 is 0. The fourth-order valence-corrected chi connectivity index (χ4v) is 2.90. The molecule has 2 heterocycles. The van der Waals surface area contributed by atoms with Crippen LogP contribution in [0.4, 0.5) is 0 Å². The van der Waals surface area contributed by atoms with Crippen molar-refractivity contribution in [3.63, 3.8) is 0 Å². The number of rotatable bonds is 5. The molecule has 118 valence electrons. The van der Waals surface area contributed by atoms with Gasteiger partial charge in [0.05, 0.1) is 10.5 Å². The molecular weight excluding hydrogens is 357 g/mol. The van der Waals surface area contributed by atoms with Crippen molar-refractivity contribution < 1.29 is 4.79 Å². The summed E-state index contributed by atoms with van der Waals surface area (Å²) in [6.45, 7) is 0. The summed E-state index contributed by atoms with van der Waals surface area (Å²) in [7, 11) is 0. The predicted octanol–water partition coefficient (Wildman–Crippen LogP) is 4.66. The number of aromatic nitrogens is 3. The number of nitrogens with zero attached hydrogens (tertiary/aromatic N) is 2. The van der Waals surface area contributed by atoms with Crippen LogP contribution in [0.5, 0.6) is 0 Å². The topological polar surface area (TPSA) is 58.6 Å². The molecule has 3 rings (SSSR count). The van der Waals surface area contributed by atoms with Crippen LogP contribution in [0.25, 0.3) is 11.2 Å². The van der Waals surface area contributed by atoms with E-state index in [4.69, 9.17) is 34.8 Å². The Morgan fingerprint density at radius 2 is 1.96 bits per heavy atom. The van der Waals surface area contributed by atoms with E-state index in [9.17, 15) is 4.79 Å². The first-order valence-electron chi connectivity index (χ1n) is 6.97. The Labute approximate surface area is 147 Å². The summed E-state index contributed by atoms with van der Waals surface area (Å²) in [6, 6.07) is 6.90. The fraction of sp³-hybridized carbons (Fsp3) is 0.188. The second-order valence-electron chi connectivity index (χ2n) is 5.16. The molecule has 0 saturated heterocycles. The average Bonchev–Trinajstić information content (AvgIpc) is 2.90. The molecule has 0 radical (unpaired) electrons. The first kappa shape index (κ1) is 16.2. The number of carbonyl (C=O) groups is 1. The van der Waals surface area contributed by atoms with Gasteiger partial charge in [0.1, 0.15) is 11.6 Å². The summed E-state index contributed by atoms with van der Waals surface area (Å²) in [5.74, 6) is 0.797. The first-order valence-corrected chi connectivity index (χ1v) is 8.10. The predicted molar refractivity (Wildman–Crippen MR) is 92.4 cm³/mol. The highest BCUT2D eigenvalue weighted by Gasteiger charge is 2.10. The molecule has 0 spiro atoms. The van der Waals surface area contributed by atoms with Crippen molar-refractivity contribution >= 4 is 51.7 Å². The Kier molecular flexibility index (Phi) is 4.85. The van der Waals surface area contributed by atoms with Gasteiger partial charge in [-0.15, -0.1) is 0 Å². The molecule has 7 heteroatoms. The third-order valence-corrected chi connectivity index (χ3v) is 4.19. The molecule has 0 bridgehead atoms. The third-order valence-electron chi connectivity index (χ3n) is 3.40. The van der Waals surface area contributed by atoms with E-state index >= 15 is 0 Å². The molecule has 0 saturated carbocycles. The number of H-pyrrole nitrogens is 1. The van der Waals surface area contributed by atoms with Crippen molar-refractivity contribution in [2.24, 2.45) is 0 Å². The van der Waals surface area contributed by atoms with Crippen molar-refractivity contribution in [1.82, 2.24) is 15.0 Å². The fourth-order valence-electron chi connectivity index (χ4n) is 2.27. The first-order chi connectivity index (χ1) is 11.0. The van der Waals surface area contributed by atoms with E-state index in [1.165, 1.54) is 0 Å². The number of carbonyl (C=O) groups excluding carboxylic acids is 1. The number of halogens is 3. The van der Waals surface area contributed by atoms with Crippen LogP contribution < -0.4 is 0 Å². The smallest absolute Gasteiger partial charge is 0.177 e. The highest BCUT2D eigenvalue weighted by atomic mass is 35.5. The van der Waals surface area contributed by atoms with E-state index in [0.717, 1.165) is 11.1 Å². The Hall–Kier alpha value is -1.62. The number of nitrogens with one attached hydrogen (secondary N) is 1. The van der Waals surface area contributed by atoms with E-state index in [1.54, 1.807) is 30.5 Å². The lowest BCUT2D eigenvalue weighted by Crippen LogP contribution is -2.05. The van der Waals surface area contributed by atoms with Gasteiger partial charge < -0.3 is 4.98 Å². The van der Waals surface area contributed by atoms with Gasteiger partial charge in [0.15, 0.2) is 5.65 Å². The van der Waals surface area contributed by atoms with Gasteiger partial charge in [-0.1, -0.05) is 40.9 Å². The Morgan fingerprint density at radius 3 is 2.74 bits per heavy atom. The Morgan fingerprint density at radius 1 is 1.13 bits per heavy atom. The van der Waals surface area contributed by atoms with Crippen molar-refractivity contribution in [2.45, 2.75) is 19.3 Å². The van der Waals surface area contributed by atoms with Gasteiger partial charge in [-0.25, -0.2) is 9.97 Å². The molecule has 3 aromatic rings. The van der Waals surface area contributed by atoms with Crippen LogP contribution in [0, 0.1) is 0 Å². The lowest BCUT2D eigenvalue weighted by atomic mass is 10.1. The zero-order valence-electron chi connectivity index (χ0n) is 11.9. The summed E-state index contributed by atoms with van der Waals surface area (Å²) in [4.78, 5) is 23.7. The molecule has 23 heavy (non-hydrogen) atoms. The molecule has 0 aliphatic rings. The number of aromatic amines is 1. The molecule has 2 aromatic heterocycles. The summed E-state index contributed by atoms with van der Waals surface area (Å²) in [5, 5.41) is 1.61. The molecule has 0 atom stereocenters. The summed E-state index contributed by atoms with van der Waals surface area (Å²) in [5.41, 5.74) is 2.14. The minimum atomic E-state index is 0.0840. The van der Waals surface area contributed by atoms with Crippen LogP contribution in [0.1, 0.15) is 17.8 Å². The lowest BCUT2D eigenvalue weighted by molar-refractivity contribution is -0.118. The van der Waals surface area contributed by atoms with Crippen LogP contribution in [-0.2, 0) is 17.6 Å². The van der Waals surface area contributed by atoms with E-state index in [1.807, 2.05) is 0 Å². The van der Waals surface area contributed by atoms with Crippen molar-refractivity contribution in [1.29, 1.82) is 0 Å². The highest BCUT2D eigenvalue weighted by Crippen LogP contribution is 2.22. The quantitative estimate of drug-likeness (QED) is 0.712. The Bertz CT molecular complexity index is 876. The number of hydrogen-bond acceptors (Lipinski definition) is 3. The van der Waals surface area contributed by atoms with E-state index in [0.29, 0.717) is 39.4 Å². The van der Waals surface area contributed by atoms with Gasteiger partial charge in [0.25, 0.3) is 0 Å². The number of ketones is 1. The van der Waals surface area contributed by atoms with Crippen LogP contribution in [0.2, 0.25) is 15.1 Å². The molecular formula is C16H12Cl3N3O. The van der Waals surface area contributed by atoms with Gasteiger partial charge in [-0.2, -0.15) is 0 Å². The molecule has 0 fully saturated rings. The number of benzene rings is 1. The zero-order valence-corrected chi connectivity index (χ0v) is 14.2. The van der Waals surface area contributed by atoms with Crippen LogP contribution in [0.3, 0.4) is 0 Å². The number of imidazole rings is 1. The average molecular weight is 369 g/mol. The monoisotopic (exact) mass is 367 g/mol. The maximum absolute atomic E-state index is 12.1. The Balaban J connectivity index is 1.63. The number of hydrogen-bond donors (Lipinski definition) is 1. The number of aryl methyl sites for hydroxylation is 1. The van der Waals surface area contributed by atoms with Gasteiger partial charge >= 0.3 is 0 Å². The lowest BCUT2D eigenvalue weighted by Gasteiger charge is -2.03. The third kappa shape index (κ3) is 4.02. The van der Waals surface area contributed by atoms with Gasteiger partial charge in [-0.3, -0.25) is 4.79 Å². The second-order valence-corrected chi connectivity index (χ2v) is 6.44. The number of Topliss-reactive ketones (excluding diaryl/α,β-unsaturated/α-hetero) is 1. The van der Waals surface area contributed by atoms with Crippen LogP contribution in [-0.4, -0.2) is 20.7 Å². The molecule has 0 aliphatic carbocycles. The molecule has 1 aromatic carbocycles. The molecule has 4 nitrogen and oxygen atoms in total.